The molecular formula is C19H22N4O3S. The molecule has 2 amide bonds. The molecule has 0 aliphatic carbocycles. The van der Waals surface area contributed by atoms with E-state index in [0.717, 1.165) is 18.4 Å². The van der Waals surface area contributed by atoms with Gasteiger partial charge in [-0.3, -0.25) is 19.3 Å². The number of rotatable bonds is 3. The molecule has 8 heteroatoms. The number of hydrogen-bond acceptors (Lipinski definition) is 5. The fourth-order valence-corrected chi connectivity index (χ4v) is 4.59. The van der Waals surface area contributed by atoms with Crippen LogP contribution in [0.15, 0.2) is 34.7 Å². The van der Waals surface area contributed by atoms with Crippen molar-refractivity contribution in [1.82, 2.24) is 14.5 Å². The van der Waals surface area contributed by atoms with Gasteiger partial charge in [-0.15, -0.1) is 11.3 Å². The average molecular weight is 386 g/mol. The zero-order valence-electron chi connectivity index (χ0n) is 15.2. The van der Waals surface area contributed by atoms with Gasteiger partial charge in [-0.1, -0.05) is 0 Å². The molecule has 2 saturated heterocycles. The largest absolute Gasteiger partial charge is 0.342 e. The molecule has 1 unspecified atom stereocenters. The Morgan fingerprint density at radius 1 is 1.26 bits per heavy atom. The molecule has 2 fully saturated rings. The lowest BCUT2D eigenvalue weighted by atomic mass is 9.89. The Balaban J connectivity index is 1.37. The molecule has 0 N–H and O–H groups in total. The van der Waals surface area contributed by atoms with Gasteiger partial charge < -0.3 is 9.47 Å². The third kappa shape index (κ3) is 3.53. The predicted molar refractivity (Wildman–Crippen MR) is 103 cm³/mol. The first-order valence-electron chi connectivity index (χ1n) is 9.18. The second-order valence-electron chi connectivity index (χ2n) is 7.23. The number of piperidine rings is 1. The highest BCUT2D eigenvalue weighted by molar-refractivity contribution is 7.13. The highest BCUT2D eigenvalue weighted by Crippen LogP contribution is 2.31. The van der Waals surface area contributed by atoms with Crippen LogP contribution in [0.4, 0.5) is 5.13 Å². The summed E-state index contributed by atoms with van der Waals surface area (Å²) in [5.41, 5.74) is 1.05. The van der Waals surface area contributed by atoms with Crippen molar-refractivity contribution in [3.63, 3.8) is 0 Å². The van der Waals surface area contributed by atoms with Gasteiger partial charge in [-0.25, -0.2) is 4.98 Å². The molecule has 0 radical (unpaired) electrons. The highest BCUT2D eigenvalue weighted by atomic mass is 32.1. The Bertz CT molecular complexity index is 900. The maximum absolute atomic E-state index is 12.9. The second-order valence-corrected chi connectivity index (χ2v) is 8.10. The van der Waals surface area contributed by atoms with Crippen molar-refractivity contribution in [2.45, 2.75) is 25.2 Å². The zero-order chi connectivity index (χ0) is 19.0. The van der Waals surface area contributed by atoms with Crippen LogP contribution < -0.4 is 10.5 Å². The van der Waals surface area contributed by atoms with Crippen LogP contribution in [0, 0.1) is 5.92 Å². The van der Waals surface area contributed by atoms with E-state index in [-0.39, 0.29) is 29.7 Å². The maximum atomic E-state index is 12.9. The molecule has 0 saturated carbocycles. The molecule has 2 aromatic rings. The lowest BCUT2D eigenvalue weighted by Gasteiger charge is -2.33. The van der Waals surface area contributed by atoms with E-state index in [0.29, 0.717) is 30.7 Å². The number of thiazole rings is 1. The lowest BCUT2D eigenvalue weighted by molar-refractivity contribution is -0.136. The molecular weight excluding hydrogens is 364 g/mol. The quantitative estimate of drug-likeness (QED) is 0.803. The predicted octanol–water partition coefficient (Wildman–Crippen LogP) is 1.60. The number of carbonyl (C=O) groups is 2. The monoisotopic (exact) mass is 386 g/mol. The molecule has 0 spiro atoms. The van der Waals surface area contributed by atoms with Gasteiger partial charge in [0.1, 0.15) is 0 Å². The van der Waals surface area contributed by atoms with Gasteiger partial charge in [0.15, 0.2) is 5.13 Å². The molecule has 142 valence electrons. The summed E-state index contributed by atoms with van der Waals surface area (Å²) in [7, 11) is 1.74. The minimum atomic E-state index is -0.290. The number of nitrogens with zero attached hydrogens (tertiary/aromatic N) is 4. The number of amides is 2. The van der Waals surface area contributed by atoms with Crippen LogP contribution in [0.2, 0.25) is 0 Å². The third-order valence-electron chi connectivity index (χ3n) is 5.53. The number of hydrogen-bond donors (Lipinski definition) is 0. The van der Waals surface area contributed by atoms with E-state index in [9.17, 15) is 14.4 Å². The molecule has 2 aromatic heterocycles. The van der Waals surface area contributed by atoms with Crippen LogP contribution in [0.3, 0.4) is 0 Å². The summed E-state index contributed by atoms with van der Waals surface area (Å²) in [4.78, 5) is 44.7. The molecule has 2 aliphatic heterocycles. The van der Waals surface area contributed by atoms with Crippen LogP contribution in [0.1, 0.15) is 30.7 Å². The van der Waals surface area contributed by atoms with Gasteiger partial charge in [0.2, 0.25) is 11.8 Å². The lowest BCUT2D eigenvalue weighted by Crippen LogP contribution is -2.42. The maximum Gasteiger partial charge on any atom is 0.250 e. The summed E-state index contributed by atoms with van der Waals surface area (Å²) in [6.45, 7) is 1.75. The van der Waals surface area contributed by atoms with E-state index < -0.39 is 0 Å². The molecule has 0 bridgehead atoms. The van der Waals surface area contributed by atoms with Crippen molar-refractivity contribution in [1.29, 1.82) is 0 Å². The standard InChI is InChI=1S/C19H22N4O3S/c1-21-6-2-14(10-16(21)24)13-3-7-22(8-4-13)18(26)15-11-17(25)23(12-15)19-20-5-9-27-19/h2,5-6,9-10,13,15H,3-4,7-8,11-12H2,1H3. The Labute approximate surface area is 161 Å². The van der Waals surface area contributed by atoms with Crippen molar-refractivity contribution in [2.24, 2.45) is 13.0 Å². The van der Waals surface area contributed by atoms with E-state index in [1.165, 1.54) is 11.3 Å². The van der Waals surface area contributed by atoms with Crippen molar-refractivity contribution < 1.29 is 9.59 Å². The van der Waals surface area contributed by atoms with E-state index in [1.807, 2.05) is 16.3 Å². The Morgan fingerprint density at radius 2 is 2.04 bits per heavy atom. The number of anilines is 1. The van der Waals surface area contributed by atoms with E-state index in [1.54, 1.807) is 35.0 Å². The number of pyridine rings is 1. The van der Waals surface area contributed by atoms with Crippen molar-refractivity contribution in [2.75, 3.05) is 24.5 Å². The van der Waals surface area contributed by atoms with Crippen LogP contribution in [0.5, 0.6) is 0 Å². The van der Waals surface area contributed by atoms with Gasteiger partial charge in [-0.05, 0) is 30.4 Å². The summed E-state index contributed by atoms with van der Waals surface area (Å²) in [6, 6.07) is 3.69. The van der Waals surface area contributed by atoms with Crippen LogP contribution in [-0.4, -0.2) is 45.9 Å². The number of aromatic nitrogens is 2. The fourth-order valence-electron chi connectivity index (χ4n) is 3.92. The zero-order valence-corrected chi connectivity index (χ0v) is 16.0. The summed E-state index contributed by atoms with van der Waals surface area (Å²) < 4.78 is 1.56. The van der Waals surface area contributed by atoms with E-state index >= 15 is 0 Å². The molecule has 27 heavy (non-hydrogen) atoms. The summed E-state index contributed by atoms with van der Waals surface area (Å²) >= 11 is 1.42. The first kappa shape index (κ1) is 17.9. The summed E-state index contributed by atoms with van der Waals surface area (Å²) in [5, 5.41) is 2.50. The highest BCUT2D eigenvalue weighted by Gasteiger charge is 2.39. The number of likely N-dealkylation sites (tertiary alicyclic amines) is 1. The Hall–Kier alpha value is -2.48. The summed E-state index contributed by atoms with van der Waals surface area (Å²) in [6.07, 6.45) is 5.41. The van der Waals surface area contributed by atoms with Crippen molar-refractivity contribution >= 4 is 28.3 Å². The van der Waals surface area contributed by atoms with E-state index in [4.69, 9.17) is 0 Å². The minimum Gasteiger partial charge on any atom is -0.342 e. The second kappa shape index (κ2) is 7.26. The number of carbonyl (C=O) groups excluding carboxylic acids is 2. The van der Waals surface area contributed by atoms with Crippen molar-refractivity contribution in [3.05, 3.63) is 45.8 Å². The Kier molecular flexibility index (Phi) is 4.82. The average Bonchev–Trinajstić information content (AvgIpc) is 3.33. The first-order chi connectivity index (χ1) is 13.0. The molecule has 7 nitrogen and oxygen atoms in total. The normalized spacial score (nSPS) is 21.1. The van der Waals surface area contributed by atoms with Crippen LogP contribution in [0.25, 0.3) is 0 Å². The van der Waals surface area contributed by atoms with Gasteiger partial charge in [0.05, 0.1) is 5.92 Å². The van der Waals surface area contributed by atoms with Crippen LogP contribution >= 0.6 is 11.3 Å². The first-order valence-corrected chi connectivity index (χ1v) is 10.1. The number of aryl methyl sites for hydroxylation is 1. The Morgan fingerprint density at radius 3 is 2.70 bits per heavy atom. The van der Waals surface area contributed by atoms with Gasteiger partial charge in [0.25, 0.3) is 5.56 Å². The SMILES string of the molecule is Cn1ccc(C2CCN(C(=O)C3CC(=O)N(c4nccs4)C3)CC2)cc1=O. The smallest absolute Gasteiger partial charge is 0.250 e. The van der Waals surface area contributed by atoms with Crippen molar-refractivity contribution in [3.8, 4) is 0 Å². The summed E-state index contributed by atoms with van der Waals surface area (Å²) in [5.74, 6) is 0.0464. The molecule has 1 atom stereocenters. The third-order valence-corrected chi connectivity index (χ3v) is 6.33. The van der Waals surface area contributed by atoms with Crippen LogP contribution in [-0.2, 0) is 16.6 Å². The molecule has 4 rings (SSSR count). The topological polar surface area (TPSA) is 75.5 Å². The van der Waals surface area contributed by atoms with Gasteiger partial charge >= 0.3 is 0 Å². The molecule has 0 aromatic carbocycles. The van der Waals surface area contributed by atoms with Gasteiger partial charge in [-0.2, -0.15) is 0 Å². The fraction of sp³-hybridized carbons (Fsp3) is 0.474. The van der Waals surface area contributed by atoms with Gasteiger partial charge in [0, 0.05) is 56.9 Å². The van der Waals surface area contributed by atoms with E-state index in [2.05, 4.69) is 4.98 Å². The molecule has 2 aliphatic rings. The molecule has 4 heterocycles. The minimum absolute atomic E-state index is 0.00208.